The number of carbonyl (C=O) groups is 1. The molecule has 3 heterocycles. The van der Waals surface area contributed by atoms with Gasteiger partial charge in [0.15, 0.2) is 16.7 Å². The molecule has 11 heteroatoms. The SMILES string of the molecule is CCOc1cc(/C=C2\SC(=Nc3cc4c5c(c3)[C@H](c3ccccc3)CCN5CC[C@@H]4c3ccccc3)NC2=O)cc(Br)c1OCc1ccc([N+](=O)[O-])cc1. The van der Waals surface area contributed by atoms with Crippen LogP contribution in [0.3, 0.4) is 0 Å². The van der Waals surface area contributed by atoms with Gasteiger partial charge < -0.3 is 19.7 Å². The number of carbonyl (C=O) groups excluding carboxylic acids is 1. The summed E-state index contributed by atoms with van der Waals surface area (Å²) < 4.78 is 12.7. The number of thioether (sulfide) groups is 1. The molecular weight excluding hydrogens is 764 g/mol. The summed E-state index contributed by atoms with van der Waals surface area (Å²) in [5.41, 5.74) is 8.90. The number of benzene rings is 5. The molecule has 0 saturated carbocycles. The van der Waals surface area contributed by atoms with E-state index in [0.29, 0.717) is 32.7 Å². The maximum Gasteiger partial charge on any atom is 0.269 e. The highest BCUT2D eigenvalue weighted by Gasteiger charge is 2.35. The van der Waals surface area contributed by atoms with Gasteiger partial charge in [0.2, 0.25) is 0 Å². The van der Waals surface area contributed by atoms with Crippen molar-refractivity contribution in [3.8, 4) is 11.5 Å². The number of non-ortho nitro benzene ring substituents is 1. The number of nitrogens with zero attached hydrogens (tertiary/aromatic N) is 3. The van der Waals surface area contributed by atoms with Gasteiger partial charge >= 0.3 is 0 Å². The van der Waals surface area contributed by atoms with Gasteiger partial charge in [-0.25, -0.2) is 4.99 Å². The lowest BCUT2D eigenvalue weighted by Crippen LogP contribution is -2.37. The first kappa shape index (κ1) is 35.6. The zero-order valence-electron chi connectivity index (χ0n) is 29.5. The summed E-state index contributed by atoms with van der Waals surface area (Å²) in [5, 5.41) is 14.6. The number of amides is 1. The summed E-state index contributed by atoms with van der Waals surface area (Å²) in [6.45, 7) is 4.52. The molecule has 3 aliphatic rings. The highest BCUT2D eigenvalue weighted by molar-refractivity contribution is 9.10. The molecule has 1 amide bonds. The van der Waals surface area contributed by atoms with E-state index in [1.807, 2.05) is 25.1 Å². The number of nitro benzene ring substituents is 1. The molecule has 1 N–H and O–H groups in total. The lowest BCUT2D eigenvalue weighted by molar-refractivity contribution is -0.384. The molecule has 0 radical (unpaired) electrons. The quantitative estimate of drug-likeness (QED) is 0.0852. The summed E-state index contributed by atoms with van der Waals surface area (Å²) in [6.07, 6.45) is 3.89. The van der Waals surface area contributed by atoms with E-state index < -0.39 is 4.92 Å². The molecule has 0 bridgehead atoms. The number of amidine groups is 1. The van der Waals surface area contributed by atoms with Crippen molar-refractivity contribution in [1.29, 1.82) is 0 Å². The maximum absolute atomic E-state index is 13.4. The van der Waals surface area contributed by atoms with Crippen molar-refractivity contribution in [3.05, 3.63) is 162 Å². The lowest BCUT2D eigenvalue weighted by Gasteiger charge is -2.43. The third-order valence-electron chi connectivity index (χ3n) is 10.0. The lowest BCUT2D eigenvalue weighted by atomic mass is 9.76. The number of hydrogen-bond donors (Lipinski definition) is 1. The molecule has 3 aliphatic heterocycles. The van der Waals surface area contributed by atoms with Crippen LogP contribution in [0, 0.1) is 10.1 Å². The monoisotopic (exact) mass is 800 g/mol. The number of ether oxygens (including phenoxy) is 2. The Labute approximate surface area is 326 Å². The Bertz CT molecular complexity index is 2210. The Morgan fingerprint density at radius 2 is 1.54 bits per heavy atom. The van der Waals surface area contributed by atoms with Crippen molar-refractivity contribution in [1.82, 2.24) is 5.32 Å². The second-order valence-electron chi connectivity index (χ2n) is 13.4. The second kappa shape index (κ2) is 15.5. The van der Waals surface area contributed by atoms with Crippen molar-refractivity contribution in [2.45, 2.75) is 38.2 Å². The molecule has 5 aromatic rings. The second-order valence-corrected chi connectivity index (χ2v) is 15.3. The highest BCUT2D eigenvalue weighted by Crippen LogP contribution is 2.50. The van der Waals surface area contributed by atoms with Crippen LogP contribution in [-0.4, -0.2) is 35.7 Å². The first-order chi connectivity index (χ1) is 26.3. The fourth-order valence-electron chi connectivity index (χ4n) is 7.60. The van der Waals surface area contributed by atoms with Gasteiger partial charge in [-0.3, -0.25) is 14.9 Å². The van der Waals surface area contributed by atoms with Gasteiger partial charge in [0, 0.05) is 42.7 Å². The summed E-state index contributed by atoms with van der Waals surface area (Å²) in [7, 11) is 0. The number of nitrogens with one attached hydrogen (secondary N) is 1. The fourth-order valence-corrected chi connectivity index (χ4v) is 9.01. The highest BCUT2D eigenvalue weighted by atomic mass is 79.9. The molecule has 1 saturated heterocycles. The van der Waals surface area contributed by atoms with E-state index in [-0.39, 0.29) is 30.0 Å². The normalized spacial score (nSPS) is 19.1. The van der Waals surface area contributed by atoms with Crippen LogP contribution in [0.1, 0.15) is 65.0 Å². The van der Waals surface area contributed by atoms with Crippen LogP contribution in [0.2, 0.25) is 0 Å². The van der Waals surface area contributed by atoms with Crippen LogP contribution in [0.5, 0.6) is 11.5 Å². The van der Waals surface area contributed by atoms with Gasteiger partial charge in [-0.15, -0.1) is 0 Å². The van der Waals surface area contributed by atoms with E-state index in [1.165, 1.54) is 51.8 Å². The first-order valence-corrected chi connectivity index (χ1v) is 19.6. The Balaban J connectivity index is 1.09. The minimum atomic E-state index is -0.432. The predicted molar refractivity (Wildman–Crippen MR) is 218 cm³/mol. The smallest absolute Gasteiger partial charge is 0.269 e. The molecular formula is C43H37BrN4O5S. The molecule has 9 nitrogen and oxygen atoms in total. The molecule has 54 heavy (non-hydrogen) atoms. The van der Waals surface area contributed by atoms with Crippen LogP contribution in [-0.2, 0) is 11.4 Å². The fraction of sp³-hybridized carbons (Fsp3) is 0.209. The summed E-state index contributed by atoms with van der Waals surface area (Å²) >= 11 is 4.94. The van der Waals surface area contributed by atoms with Gasteiger partial charge in [-0.2, -0.15) is 0 Å². The van der Waals surface area contributed by atoms with Crippen LogP contribution in [0.15, 0.2) is 124 Å². The number of nitro groups is 1. The topological polar surface area (TPSA) is 106 Å². The van der Waals surface area contributed by atoms with Crippen molar-refractivity contribution < 1.29 is 19.2 Å². The Morgan fingerprint density at radius 1 is 0.907 bits per heavy atom. The summed E-state index contributed by atoms with van der Waals surface area (Å²) in [5.74, 6) is 1.30. The van der Waals surface area contributed by atoms with E-state index in [4.69, 9.17) is 14.5 Å². The average Bonchev–Trinajstić information content (AvgIpc) is 3.52. The van der Waals surface area contributed by atoms with Gasteiger partial charge in [-0.1, -0.05) is 60.7 Å². The van der Waals surface area contributed by atoms with E-state index in [2.05, 4.69) is 98.9 Å². The summed E-state index contributed by atoms with van der Waals surface area (Å²) in [4.78, 5) is 32.1. The molecule has 5 aromatic carbocycles. The van der Waals surface area contributed by atoms with Crippen molar-refractivity contribution in [2.24, 2.45) is 4.99 Å². The molecule has 0 aromatic heterocycles. The average molecular weight is 802 g/mol. The Kier molecular flexibility index (Phi) is 10.2. The molecule has 0 aliphatic carbocycles. The van der Waals surface area contributed by atoms with Gasteiger partial charge in [0.1, 0.15) is 6.61 Å². The first-order valence-electron chi connectivity index (χ1n) is 18.0. The molecule has 0 spiro atoms. The summed E-state index contributed by atoms with van der Waals surface area (Å²) in [6, 6.07) is 35.9. The van der Waals surface area contributed by atoms with E-state index in [9.17, 15) is 14.9 Å². The van der Waals surface area contributed by atoms with Crippen LogP contribution >= 0.6 is 27.7 Å². The number of halogens is 1. The number of hydrogen-bond acceptors (Lipinski definition) is 8. The van der Waals surface area contributed by atoms with Gasteiger partial charge in [-0.05, 0) is 123 Å². The molecule has 272 valence electrons. The largest absolute Gasteiger partial charge is 0.490 e. The zero-order chi connectivity index (χ0) is 37.2. The molecule has 1 fully saturated rings. The minimum Gasteiger partial charge on any atom is -0.490 e. The van der Waals surface area contributed by atoms with Crippen LogP contribution in [0.25, 0.3) is 6.08 Å². The van der Waals surface area contributed by atoms with Gasteiger partial charge in [0.25, 0.3) is 11.6 Å². The standard InChI is InChI=1S/C43H37BrN4O5S/c1-2-52-38-22-28(21-37(44)41(38)53-26-27-13-15-32(16-14-27)48(50)51)23-39-42(49)46-43(54-39)45-31-24-35-33(29-9-5-3-6-10-29)17-19-47-20-18-34(36(25-31)40(35)47)30-11-7-4-8-12-30/h3-16,21-25,33-34H,2,17-20,26H2,1H3,(H,45,46,49)/b39-23-/t33-,34+. The third kappa shape index (κ3) is 7.38. The van der Waals surface area contributed by atoms with Crippen LogP contribution in [0.4, 0.5) is 17.1 Å². The molecule has 8 rings (SSSR count). The van der Waals surface area contributed by atoms with E-state index >= 15 is 0 Å². The van der Waals surface area contributed by atoms with Crippen LogP contribution < -0.4 is 19.7 Å². The van der Waals surface area contributed by atoms with Crippen molar-refractivity contribution in [3.63, 3.8) is 0 Å². The maximum atomic E-state index is 13.4. The Hall–Kier alpha value is -5.39. The van der Waals surface area contributed by atoms with E-state index in [1.54, 1.807) is 12.1 Å². The predicted octanol–water partition coefficient (Wildman–Crippen LogP) is 10.1. The molecule has 0 unspecified atom stereocenters. The third-order valence-corrected chi connectivity index (χ3v) is 11.5. The van der Waals surface area contributed by atoms with Crippen molar-refractivity contribution >= 4 is 61.9 Å². The number of aliphatic imine (C=N–C) groups is 1. The van der Waals surface area contributed by atoms with E-state index in [0.717, 1.165) is 42.7 Å². The van der Waals surface area contributed by atoms with Gasteiger partial charge in [0.05, 0.1) is 26.6 Å². The minimum absolute atomic E-state index is 0.0199. The number of anilines is 1. The molecule has 2 atom stereocenters. The van der Waals surface area contributed by atoms with Crippen molar-refractivity contribution in [2.75, 3.05) is 24.6 Å². The Morgan fingerprint density at radius 3 is 2.13 bits per heavy atom. The number of rotatable bonds is 10. The zero-order valence-corrected chi connectivity index (χ0v) is 31.9.